The number of rotatable bonds is 3. The number of hydrogen-bond donors (Lipinski definition) is 0. The molecule has 2 aromatic rings. The Bertz CT molecular complexity index is 715. The molecular formula is C15H18BFN4O2. The Balaban J connectivity index is 1.91. The van der Waals surface area contributed by atoms with Gasteiger partial charge in [-0.2, -0.15) is 5.10 Å². The maximum Gasteiger partial charge on any atom is 0.525 e. The van der Waals surface area contributed by atoms with E-state index >= 15 is 0 Å². The maximum absolute atomic E-state index is 14.6. The van der Waals surface area contributed by atoms with E-state index < -0.39 is 24.0 Å². The second-order valence-electron chi connectivity index (χ2n) is 6.37. The van der Waals surface area contributed by atoms with Gasteiger partial charge in [0.15, 0.2) is 5.82 Å². The third-order valence-corrected chi connectivity index (χ3v) is 4.22. The SMILES string of the molecule is CC1(C)OB(C(F)=Cc2cccnc2-n2cncn2)OC1(C)C. The Labute approximate surface area is 134 Å². The van der Waals surface area contributed by atoms with Crippen molar-refractivity contribution in [3.8, 4) is 5.82 Å². The number of pyridine rings is 1. The van der Waals surface area contributed by atoms with Crippen LogP contribution in [-0.4, -0.2) is 38.1 Å². The van der Waals surface area contributed by atoms with E-state index in [0.29, 0.717) is 11.4 Å². The fourth-order valence-corrected chi connectivity index (χ4v) is 2.20. The average molecular weight is 316 g/mol. The molecule has 1 aliphatic rings. The Hall–Kier alpha value is -2.06. The van der Waals surface area contributed by atoms with Crippen LogP contribution in [0.15, 0.2) is 36.7 Å². The summed E-state index contributed by atoms with van der Waals surface area (Å²) >= 11 is 0. The molecule has 0 radical (unpaired) electrons. The second kappa shape index (κ2) is 5.54. The van der Waals surface area contributed by atoms with Crippen LogP contribution in [0.5, 0.6) is 0 Å². The highest BCUT2D eigenvalue weighted by Crippen LogP contribution is 2.39. The van der Waals surface area contributed by atoms with Gasteiger partial charge in [0.1, 0.15) is 18.4 Å². The number of nitrogens with zero attached hydrogens (tertiary/aromatic N) is 4. The van der Waals surface area contributed by atoms with Gasteiger partial charge in [-0.3, -0.25) is 0 Å². The van der Waals surface area contributed by atoms with E-state index in [2.05, 4.69) is 15.1 Å². The molecule has 0 N–H and O–H groups in total. The standard InChI is InChI=1S/C15H18BFN4O2/c1-14(2)15(3,4)23-16(22-14)12(17)8-11-6-5-7-19-13(11)21-10-18-9-20-21/h5-10H,1-4H3. The van der Waals surface area contributed by atoms with Crippen molar-refractivity contribution < 1.29 is 13.7 Å². The molecule has 23 heavy (non-hydrogen) atoms. The first-order chi connectivity index (χ1) is 10.8. The van der Waals surface area contributed by atoms with Gasteiger partial charge in [-0.25, -0.2) is 19.0 Å². The molecule has 1 aliphatic heterocycles. The van der Waals surface area contributed by atoms with Crippen LogP contribution in [0.1, 0.15) is 33.3 Å². The molecule has 2 aromatic heterocycles. The van der Waals surface area contributed by atoms with E-state index in [1.165, 1.54) is 23.4 Å². The number of hydrogen-bond acceptors (Lipinski definition) is 5. The van der Waals surface area contributed by atoms with Crippen molar-refractivity contribution in [2.45, 2.75) is 38.9 Å². The molecule has 0 aliphatic carbocycles. The molecule has 0 bridgehead atoms. The van der Waals surface area contributed by atoms with Crippen LogP contribution < -0.4 is 0 Å². The lowest BCUT2D eigenvalue weighted by atomic mass is 9.87. The predicted octanol–water partition coefficient (Wildman–Crippen LogP) is 2.60. The summed E-state index contributed by atoms with van der Waals surface area (Å²) in [6.07, 6.45) is 5.87. The molecule has 0 aromatic carbocycles. The summed E-state index contributed by atoms with van der Waals surface area (Å²) < 4.78 is 27.5. The summed E-state index contributed by atoms with van der Waals surface area (Å²) in [6.45, 7) is 7.52. The van der Waals surface area contributed by atoms with Gasteiger partial charge in [-0.05, 0) is 45.9 Å². The molecule has 0 saturated carbocycles. The Morgan fingerprint density at radius 2 is 1.96 bits per heavy atom. The monoisotopic (exact) mass is 316 g/mol. The first-order valence-corrected chi connectivity index (χ1v) is 7.33. The largest absolute Gasteiger partial charge is 0.525 e. The molecule has 8 heteroatoms. The average Bonchev–Trinajstić information content (AvgIpc) is 3.06. The molecule has 1 saturated heterocycles. The lowest BCUT2D eigenvalue weighted by Gasteiger charge is -2.32. The van der Waals surface area contributed by atoms with Crippen LogP contribution in [-0.2, 0) is 9.31 Å². The van der Waals surface area contributed by atoms with Crippen molar-refractivity contribution in [3.63, 3.8) is 0 Å². The van der Waals surface area contributed by atoms with Crippen LogP contribution in [0.2, 0.25) is 0 Å². The summed E-state index contributed by atoms with van der Waals surface area (Å²) in [5, 5.41) is 4.03. The normalized spacial score (nSPS) is 20.0. The van der Waals surface area contributed by atoms with Crippen molar-refractivity contribution in [2.75, 3.05) is 0 Å². The van der Waals surface area contributed by atoms with E-state index in [4.69, 9.17) is 9.31 Å². The molecule has 0 amide bonds. The number of aromatic nitrogens is 4. The number of halogens is 1. The quantitative estimate of drug-likeness (QED) is 0.815. The van der Waals surface area contributed by atoms with Gasteiger partial charge < -0.3 is 9.31 Å². The van der Waals surface area contributed by atoms with Gasteiger partial charge in [-0.1, -0.05) is 0 Å². The van der Waals surface area contributed by atoms with Gasteiger partial charge in [0.05, 0.1) is 11.2 Å². The van der Waals surface area contributed by atoms with Gasteiger partial charge in [0.2, 0.25) is 0 Å². The lowest BCUT2D eigenvalue weighted by molar-refractivity contribution is 0.00578. The summed E-state index contributed by atoms with van der Waals surface area (Å²) in [6, 6.07) is 3.47. The fraction of sp³-hybridized carbons (Fsp3) is 0.400. The van der Waals surface area contributed by atoms with Crippen molar-refractivity contribution >= 4 is 13.2 Å². The highest BCUT2D eigenvalue weighted by molar-refractivity contribution is 6.54. The zero-order chi connectivity index (χ0) is 16.7. The van der Waals surface area contributed by atoms with Crippen LogP contribution in [0.25, 0.3) is 11.9 Å². The Kier molecular flexibility index (Phi) is 3.81. The molecule has 3 heterocycles. The molecular weight excluding hydrogens is 298 g/mol. The van der Waals surface area contributed by atoms with Crippen molar-refractivity contribution in [1.29, 1.82) is 0 Å². The maximum atomic E-state index is 14.6. The van der Waals surface area contributed by atoms with Gasteiger partial charge >= 0.3 is 7.12 Å². The Morgan fingerprint density at radius 1 is 1.26 bits per heavy atom. The third kappa shape index (κ3) is 2.91. The molecule has 1 fully saturated rings. The summed E-state index contributed by atoms with van der Waals surface area (Å²) in [5.41, 5.74) is -1.14. The van der Waals surface area contributed by atoms with E-state index in [9.17, 15) is 4.39 Å². The van der Waals surface area contributed by atoms with E-state index in [0.717, 1.165) is 0 Å². The minimum Gasteiger partial charge on any atom is -0.398 e. The molecule has 6 nitrogen and oxygen atoms in total. The summed E-state index contributed by atoms with van der Waals surface area (Å²) in [4.78, 5) is 8.11. The molecule has 3 rings (SSSR count). The minimum atomic E-state index is -1.04. The van der Waals surface area contributed by atoms with Crippen LogP contribution in [0.3, 0.4) is 0 Å². The first-order valence-electron chi connectivity index (χ1n) is 7.33. The van der Waals surface area contributed by atoms with Crippen molar-refractivity contribution in [1.82, 2.24) is 19.7 Å². The topological polar surface area (TPSA) is 62.1 Å². The van der Waals surface area contributed by atoms with Crippen molar-refractivity contribution in [3.05, 3.63) is 42.3 Å². The van der Waals surface area contributed by atoms with Gasteiger partial charge in [0.25, 0.3) is 0 Å². The fourth-order valence-electron chi connectivity index (χ4n) is 2.20. The third-order valence-electron chi connectivity index (χ3n) is 4.22. The van der Waals surface area contributed by atoms with E-state index in [1.54, 1.807) is 18.3 Å². The second-order valence-corrected chi connectivity index (χ2v) is 6.37. The molecule has 0 atom stereocenters. The highest BCUT2D eigenvalue weighted by Gasteiger charge is 2.53. The lowest BCUT2D eigenvalue weighted by Crippen LogP contribution is -2.41. The van der Waals surface area contributed by atoms with E-state index in [1.807, 2.05) is 27.7 Å². The summed E-state index contributed by atoms with van der Waals surface area (Å²) in [7, 11) is -1.04. The predicted molar refractivity (Wildman–Crippen MR) is 84.3 cm³/mol. The molecule has 0 unspecified atom stereocenters. The van der Waals surface area contributed by atoms with Crippen LogP contribution in [0.4, 0.5) is 4.39 Å². The van der Waals surface area contributed by atoms with Crippen LogP contribution in [0, 0.1) is 0 Å². The van der Waals surface area contributed by atoms with Crippen LogP contribution >= 0.6 is 0 Å². The smallest absolute Gasteiger partial charge is 0.398 e. The molecule has 120 valence electrons. The summed E-state index contributed by atoms with van der Waals surface area (Å²) in [5.74, 6) is 0.483. The molecule has 0 spiro atoms. The Morgan fingerprint density at radius 3 is 2.57 bits per heavy atom. The van der Waals surface area contributed by atoms with Gasteiger partial charge in [-0.15, -0.1) is 0 Å². The van der Waals surface area contributed by atoms with E-state index in [-0.39, 0.29) is 0 Å². The first kappa shape index (κ1) is 15.8. The zero-order valence-corrected chi connectivity index (χ0v) is 13.5. The zero-order valence-electron chi connectivity index (χ0n) is 13.5. The van der Waals surface area contributed by atoms with Crippen molar-refractivity contribution in [2.24, 2.45) is 0 Å². The highest BCUT2D eigenvalue weighted by atomic mass is 19.1. The van der Waals surface area contributed by atoms with Gasteiger partial charge in [0, 0.05) is 11.8 Å². The minimum absolute atomic E-state index is 0.483.